The number of nitrogens with zero attached hydrogens (tertiary/aromatic N) is 2. The molecule has 0 saturated carbocycles. The molecule has 1 saturated heterocycles. The minimum atomic E-state index is -4.54. The highest BCUT2D eigenvalue weighted by molar-refractivity contribution is 5.94. The Morgan fingerprint density at radius 2 is 2.00 bits per heavy atom. The topological polar surface area (TPSA) is 32.8 Å². The molecule has 132 valence electrons. The quantitative estimate of drug-likeness (QED) is 0.607. The molecular formula is C16H18F4N2O2. The number of carbonyl (C=O) groups is 1. The summed E-state index contributed by atoms with van der Waals surface area (Å²) in [6.07, 6.45) is -3.34. The summed E-state index contributed by atoms with van der Waals surface area (Å²) in [5.74, 6) is -1.53. The zero-order valence-corrected chi connectivity index (χ0v) is 13.0. The van der Waals surface area contributed by atoms with Crippen molar-refractivity contribution in [1.82, 2.24) is 4.90 Å². The van der Waals surface area contributed by atoms with Gasteiger partial charge in [-0.25, -0.2) is 4.39 Å². The number of rotatable bonds is 5. The fraction of sp³-hybridized carbons (Fsp3) is 0.438. The summed E-state index contributed by atoms with van der Waals surface area (Å²) in [6.45, 7) is 3.63. The maximum Gasteiger partial charge on any atom is 0.406 e. The average molecular weight is 346 g/mol. The highest BCUT2D eigenvalue weighted by Gasteiger charge is 2.33. The number of anilines is 1. The molecule has 2 rings (SSSR count). The van der Waals surface area contributed by atoms with Gasteiger partial charge in [0.15, 0.2) is 0 Å². The molecule has 0 atom stereocenters. The van der Waals surface area contributed by atoms with Gasteiger partial charge in [-0.05, 0) is 18.2 Å². The first-order valence-electron chi connectivity index (χ1n) is 7.41. The molecule has 1 heterocycles. The summed E-state index contributed by atoms with van der Waals surface area (Å²) in [6, 6.07) is 3.72. The van der Waals surface area contributed by atoms with Crippen molar-refractivity contribution >= 4 is 11.6 Å². The number of halogens is 4. The summed E-state index contributed by atoms with van der Waals surface area (Å²) in [5, 5.41) is 0. The molecule has 0 unspecified atom stereocenters. The summed E-state index contributed by atoms with van der Waals surface area (Å²) >= 11 is 0. The Morgan fingerprint density at radius 1 is 1.33 bits per heavy atom. The third kappa shape index (κ3) is 4.70. The number of ether oxygens (including phenoxy) is 1. The van der Waals surface area contributed by atoms with Gasteiger partial charge in [-0.3, -0.25) is 4.79 Å². The van der Waals surface area contributed by atoms with Gasteiger partial charge in [0, 0.05) is 25.2 Å². The van der Waals surface area contributed by atoms with Crippen LogP contribution in [0.5, 0.6) is 0 Å². The molecule has 0 N–H and O–H groups in total. The second-order valence-corrected chi connectivity index (χ2v) is 5.36. The Kier molecular flexibility index (Phi) is 5.82. The average Bonchev–Trinajstić information content (AvgIpc) is 2.53. The fourth-order valence-electron chi connectivity index (χ4n) is 2.47. The normalized spacial score (nSPS) is 15.2. The van der Waals surface area contributed by atoms with Crippen molar-refractivity contribution in [2.75, 3.05) is 44.3 Å². The van der Waals surface area contributed by atoms with Gasteiger partial charge in [0.25, 0.3) is 5.91 Å². The van der Waals surface area contributed by atoms with Crippen LogP contribution in [0.2, 0.25) is 0 Å². The molecule has 1 aliphatic heterocycles. The maximum atomic E-state index is 14.3. The Morgan fingerprint density at radius 3 is 2.54 bits per heavy atom. The van der Waals surface area contributed by atoms with Gasteiger partial charge in [0.05, 0.1) is 18.9 Å². The number of amides is 1. The number of morpholine rings is 1. The van der Waals surface area contributed by atoms with E-state index in [1.807, 2.05) is 0 Å². The molecule has 8 heteroatoms. The first-order chi connectivity index (χ1) is 11.3. The summed E-state index contributed by atoms with van der Waals surface area (Å²) < 4.78 is 57.2. The number of hydrogen-bond acceptors (Lipinski definition) is 3. The van der Waals surface area contributed by atoms with Crippen LogP contribution in [-0.4, -0.2) is 56.4 Å². The highest BCUT2D eigenvalue weighted by Crippen LogP contribution is 2.23. The van der Waals surface area contributed by atoms with E-state index in [0.29, 0.717) is 36.9 Å². The van der Waals surface area contributed by atoms with E-state index in [9.17, 15) is 22.4 Å². The van der Waals surface area contributed by atoms with E-state index in [-0.39, 0.29) is 12.1 Å². The van der Waals surface area contributed by atoms with Crippen LogP contribution in [-0.2, 0) is 4.74 Å². The number of alkyl halides is 3. The van der Waals surface area contributed by atoms with Crippen LogP contribution in [0.25, 0.3) is 0 Å². The number of carbonyl (C=O) groups excluding carboxylic acids is 1. The molecule has 0 bridgehead atoms. The smallest absolute Gasteiger partial charge is 0.378 e. The first-order valence-corrected chi connectivity index (χ1v) is 7.41. The highest BCUT2D eigenvalue weighted by atomic mass is 19.4. The fourth-order valence-corrected chi connectivity index (χ4v) is 2.47. The second kappa shape index (κ2) is 7.65. The van der Waals surface area contributed by atoms with Crippen molar-refractivity contribution in [3.63, 3.8) is 0 Å². The molecule has 4 nitrogen and oxygen atoms in total. The van der Waals surface area contributed by atoms with E-state index in [2.05, 4.69) is 6.58 Å². The van der Waals surface area contributed by atoms with Gasteiger partial charge >= 0.3 is 6.18 Å². The van der Waals surface area contributed by atoms with Crippen LogP contribution in [0.15, 0.2) is 30.9 Å². The lowest BCUT2D eigenvalue weighted by molar-refractivity contribution is -0.139. The van der Waals surface area contributed by atoms with Crippen LogP contribution in [0, 0.1) is 5.82 Å². The predicted molar refractivity (Wildman–Crippen MR) is 81.6 cm³/mol. The predicted octanol–water partition coefficient (Wildman–Crippen LogP) is 2.85. The maximum absolute atomic E-state index is 14.3. The van der Waals surface area contributed by atoms with Gasteiger partial charge in [-0.15, -0.1) is 6.58 Å². The van der Waals surface area contributed by atoms with Crippen molar-refractivity contribution in [1.29, 1.82) is 0 Å². The lowest BCUT2D eigenvalue weighted by atomic mass is 10.1. The van der Waals surface area contributed by atoms with E-state index in [0.717, 1.165) is 6.07 Å². The van der Waals surface area contributed by atoms with Gasteiger partial charge in [0.1, 0.15) is 12.4 Å². The van der Waals surface area contributed by atoms with E-state index in [4.69, 9.17) is 4.74 Å². The lowest BCUT2D eigenvalue weighted by Crippen LogP contribution is -2.39. The van der Waals surface area contributed by atoms with Gasteiger partial charge in [-0.1, -0.05) is 6.08 Å². The van der Waals surface area contributed by atoms with Crippen LogP contribution < -0.4 is 4.90 Å². The SMILES string of the molecule is C=CCN(CC(F)(F)F)C(=O)c1ccc(N2CCOCC2)c(F)c1. The molecule has 0 radical (unpaired) electrons. The van der Waals surface area contributed by atoms with Crippen LogP contribution in [0.3, 0.4) is 0 Å². The first kappa shape index (κ1) is 18.3. The molecule has 24 heavy (non-hydrogen) atoms. The van der Waals surface area contributed by atoms with E-state index in [1.165, 1.54) is 18.2 Å². The molecule has 1 aromatic rings. The monoisotopic (exact) mass is 346 g/mol. The molecule has 1 amide bonds. The van der Waals surface area contributed by atoms with Crippen molar-refractivity contribution in [2.24, 2.45) is 0 Å². The summed E-state index contributed by atoms with van der Waals surface area (Å²) in [7, 11) is 0. The van der Waals surface area contributed by atoms with Crippen molar-refractivity contribution in [3.8, 4) is 0 Å². The van der Waals surface area contributed by atoms with Crippen LogP contribution >= 0.6 is 0 Å². The van der Waals surface area contributed by atoms with Crippen molar-refractivity contribution in [3.05, 3.63) is 42.2 Å². The second-order valence-electron chi connectivity index (χ2n) is 5.36. The summed E-state index contributed by atoms with van der Waals surface area (Å²) in [4.78, 5) is 14.6. The third-order valence-electron chi connectivity index (χ3n) is 3.55. The standard InChI is InChI=1S/C16H18F4N2O2/c1-2-5-22(11-16(18,19)20)15(23)12-3-4-14(13(17)10-12)21-6-8-24-9-7-21/h2-4,10H,1,5-9,11H2. The van der Waals surface area contributed by atoms with Crippen molar-refractivity contribution < 1.29 is 27.1 Å². The molecule has 0 aliphatic carbocycles. The van der Waals surface area contributed by atoms with E-state index in [1.54, 1.807) is 4.90 Å². The third-order valence-corrected chi connectivity index (χ3v) is 3.55. The number of hydrogen-bond donors (Lipinski definition) is 0. The van der Waals surface area contributed by atoms with Crippen LogP contribution in [0.4, 0.5) is 23.2 Å². The Balaban J connectivity index is 2.19. The minimum Gasteiger partial charge on any atom is -0.378 e. The van der Waals surface area contributed by atoms with E-state index < -0.39 is 24.4 Å². The van der Waals surface area contributed by atoms with E-state index >= 15 is 0 Å². The van der Waals surface area contributed by atoms with Gasteiger partial charge in [-0.2, -0.15) is 13.2 Å². The molecule has 0 spiro atoms. The Hall–Kier alpha value is -2.09. The van der Waals surface area contributed by atoms with Crippen LogP contribution in [0.1, 0.15) is 10.4 Å². The molecule has 1 aromatic carbocycles. The Labute approximate surface area is 137 Å². The minimum absolute atomic E-state index is 0.129. The lowest BCUT2D eigenvalue weighted by Gasteiger charge is -2.29. The zero-order valence-electron chi connectivity index (χ0n) is 13.0. The Bertz CT molecular complexity index is 598. The molecule has 1 fully saturated rings. The van der Waals surface area contributed by atoms with Crippen molar-refractivity contribution in [2.45, 2.75) is 6.18 Å². The summed E-state index contributed by atoms with van der Waals surface area (Å²) in [5.41, 5.74) is 0.177. The van der Waals surface area contributed by atoms with Gasteiger partial charge in [0.2, 0.25) is 0 Å². The largest absolute Gasteiger partial charge is 0.406 e. The number of benzene rings is 1. The molecule has 0 aromatic heterocycles. The molecular weight excluding hydrogens is 328 g/mol. The molecule has 1 aliphatic rings. The zero-order chi connectivity index (χ0) is 17.7. The van der Waals surface area contributed by atoms with Gasteiger partial charge < -0.3 is 14.5 Å².